The number of amides is 2. The summed E-state index contributed by atoms with van der Waals surface area (Å²) in [4.78, 5) is 29.2. The number of hydrogen-bond acceptors (Lipinski definition) is 4. The van der Waals surface area contributed by atoms with Gasteiger partial charge in [0.15, 0.2) is 0 Å². The van der Waals surface area contributed by atoms with Crippen molar-refractivity contribution in [2.45, 2.75) is 65.1 Å². The van der Waals surface area contributed by atoms with Gasteiger partial charge >= 0.3 is 0 Å². The van der Waals surface area contributed by atoms with E-state index in [9.17, 15) is 18.0 Å². The molecule has 0 aliphatic rings. The van der Waals surface area contributed by atoms with Gasteiger partial charge in [0.2, 0.25) is 21.8 Å². The number of carbonyl (C=O) groups excluding carboxylic acids is 2. The van der Waals surface area contributed by atoms with E-state index in [4.69, 9.17) is 23.2 Å². The molecule has 0 spiro atoms. The number of carbonyl (C=O) groups is 2. The van der Waals surface area contributed by atoms with E-state index in [0.717, 1.165) is 17.4 Å². The highest BCUT2D eigenvalue weighted by atomic mass is 35.5. The van der Waals surface area contributed by atoms with Crippen molar-refractivity contribution in [3.63, 3.8) is 0 Å². The third kappa shape index (κ3) is 9.75. The molecule has 0 aliphatic carbocycles. The Balaban J connectivity index is 1.94. The van der Waals surface area contributed by atoms with Gasteiger partial charge in [0.05, 0.1) is 11.9 Å². The fraction of sp³-hybridized carbons (Fsp3) is 0.375. The molecule has 10 heteroatoms. The van der Waals surface area contributed by atoms with Crippen molar-refractivity contribution in [3.8, 4) is 0 Å². The second kappa shape index (κ2) is 14.4. The number of aryl methyl sites for hydroxylation is 1. The second-order valence-corrected chi connectivity index (χ2v) is 14.2. The Bertz CT molecular complexity index is 1490. The van der Waals surface area contributed by atoms with E-state index < -0.39 is 21.6 Å². The first-order valence-electron chi connectivity index (χ1n) is 13.8. The highest BCUT2D eigenvalue weighted by Crippen LogP contribution is 2.26. The average molecular weight is 633 g/mol. The fourth-order valence-electron chi connectivity index (χ4n) is 4.67. The molecule has 0 fully saturated rings. The van der Waals surface area contributed by atoms with Gasteiger partial charge in [0, 0.05) is 41.5 Å². The third-order valence-corrected chi connectivity index (χ3v) is 8.43. The number of sulfonamides is 1. The van der Waals surface area contributed by atoms with Crippen LogP contribution in [0, 0.1) is 6.92 Å². The highest BCUT2D eigenvalue weighted by Gasteiger charge is 2.32. The van der Waals surface area contributed by atoms with Gasteiger partial charge in [0.1, 0.15) is 6.04 Å². The van der Waals surface area contributed by atoms with Crippen LogP contribution in [0.1, 0.15) is 50.3 Å². The summed E-state index contributed by atoms with van der Waals surface area (Å²) >= 11 is 12.6. The third-order valence-electron chi connectivity index (χ3n) is 6.66. The number of anilines is 1. The number of rotatable bonds is 12. The van der Waals surface area contributed by atoms with Crippen LogP contribution in [0.2, 0.25) is 10.0 Å². The van der Waals surface area contributed by atoms with Crippen LogP contribution in [-0.2, 0) is 32.6 Å². The van der Waals surface area contributed by atoms with Crippen molar-refractivity contribution < 1.29 is 18.0 Å². The topological polar surface area (TPSA) is 86.8 Å². The van der Waals surface area contributed by atoms with Crippen molar-refractivity contribution >= 4 is 50.7 Å². The molecule has 42 heavy (non-hydrogen) atoms. The summed E-state index contributed by atoms with van der Waals surface area (Å²) in [5.41, 5.74) is 2.41. The maximum atomic E-state index is 14.0. The molecule has 0 bridgehead atoms. The number of nitrogens with one attached hydrogen (secondary N) is 1. The number of hydrogen-bond donors (Lipinski definition) is 1. The van der Waals surface area contributed by atoms with Crippen molar-refractivity contribution in [2.75, 3.05) is 17.1 Å². The van der Waals surface area contributed by atoms with Crippen molar-refractivity contribution in [2.24, 2.45) is 0 Å². The van der Waals surface area contributed by atoms with Crippen molar-refractivity contribution in [1.82, 2.24) is 10.2 Å². The Morgan fingerprint density at radius 1 is 0.952 bits per heavy atom. The molecule has 0 aromatic heterocycles. The van der Waals surface area contributed by atoms with Gasteiger partial charge in [-0.15, -0.1) is 0 Å². The first-order chi connectivity index (χ1) is 19.7. The zero-order chi connectivity index (χ0) is 31.1. The molecule has 0 saturated heterocycles. The zero-order valence-electron chi connectivity index (χ0n) is 24.7. The molecule has 3 aromatic carbocycles. The van der Waals surface area contributed by atoms with Gasteiger partial charge < -0.3 is 10.2 Å². The van der Waals surface area contributed by atoms with Crippen LogP contribution in [0.25, 0.3) is 0 Å². The van der Waals surface area contributed by atoms with Gasteiger partial charge in [-0.1, -0.05) is 77.8 Å². The van der Waals surface area contributed by atoms with Gasteiger partial charge in [-0.05, 0) is 69.0 Å². The molecule has 1 atom stereocenters. The summed E-state index contributed by atoms with van der Waals surface area (Å²) in [5, 5.41) is 3.88. The lowest BCUT2D eigenvalue weighted by Gasteiger charge is -2.34. The van der Waals surface area contributed by atoms with Gasteiger partial charge in [-0.2, -0.15) is 0 Å². The second-order valence-electron chi connectivity index (χ2n) is 11.4. The predicted octanol–water partition coefficient (Wildman–Crippen LogP) is 6.40. The maximum Gasteiger partial charge on any atom is 0.243 e. The zero-order valence-corrected chi connectivity index (χ0v) is 27.1. The molecule has 0 aliphatic heterocycles. The Labute approximate surface area is 259 Å². The standard InChI is InChI=1S/C32H39Cl2N3O4S/c1-23-12-9-10-15-28(23)37(42(5,40)41)19-11-16-30(38)36(22-25-17-18-26(33)21-27(25)34)29(31(39)35-32(2,3)4)20-24-13-7-6-8-14-24/h6-10,12-15,17-18,21,29H,11,16,19-20,22H2,1-5H3,(H,35,39)/t29-/m0/s1. The summed E-state index contributed by atoms with van der Waals surface area (Å²) in [6.45, 7) is 7.70. The van der Waals surface area contributed by atoms with E-state index in [2.05, 4.69) is 5.32 Å². The van der Waals surface area contributed by atoms with E-state index in [0.29, 0.717) is 27.7 Å². The van der Waals surface area contributed by atoms with E-state index in [-0.39, 0.29) is 37.7 Å². The molecule has 0 unspecified atom stereocenters. The number of halogens is 2. The minimum Gasteiger partial charge on any atom is -0.350 e. The Morgan fingerprint density at radius 3 is 2.19 bits per heavy atom. The lowest BCUT2D eigenvalue weighted by molar-refractivity contribution is -0.142. The molecule has 2 amide bonds. The van der Waals surface area contributed by atoms with E-state index in [1.165, 1.54) is 4.31 Å². The van der Waals surface area contributed by atoms with Crippen LogP contribution in [0.15, 0.2) is 72.8 Å². The molecule has 3 rings (SSSR count). The molecular formula is C32H39Cl2N3O4S. The summed E-state index contributed by atoms with van der Waals surface area (Å²) < 4.78 is 26.7. The van der Waals surface area contributed by atoms with Crippen LogP contribution < -0.4 is 9.62 Å². The molecular weight excluding hydrogens is 593 g/mol. The van der Waals surface area contributed by atoms with Crippen LogP contribution in [0.5, 0.6) is 0 Å². The molecule has 226 valence electrons. The van der Waals surface area contributed by atoms with Crippen molar-refractivity contribution in [1.29, 1.82) is 0 Å². The lowest BCUT2D eigenvalue weighted by atomic mass is 10.00. The Kier molecular flexibility index (Phi) is 11.5. The SMILES string of the molecule is Cc1ccccc1N(CCCC(=O)N(Cc1ccc(Cl)cc1Cl)[C@@H](Cc1ccccc1)C(=O)NC(C)(C)C)S(C)(=O)=O. The molecule has 3 aromatic rings. The Hall–Kier alpha value is -3.07. The first-order valence-corrected chi connectivity index (χ1v) is 16.4. The van der Waals surface area contributed by atoms with Crippen LogP contribution in [0.4, 0.5) is 5.69 Å². The Morgan fingerprint density at radius 2 is 1.60 bits per heavy atom. The largest absolute Gasteiger partial charge is 0.350 e. The fourth-order valence-corrected chi connectivity index (χ4v) is 6.16. The monoisotopic (exact) mass is 631 g/mol. The van der Waals surface area contributed by atoms with E-state index >= 15 is 0 Å². The summed E-state index contributed by atoms with van der Waals surface area (Å²) in [6.07, 6.45) is 1.72. The minimum absolute atomic E-state index is 0.0250. The quantitative estimate of drug-likeness (QED) is 0.250. The molecule has 0 heterocycles. The van der Waals surface area contributed by atoms with Crippen molar-refractivity contribution in [3.05, 3.63) is 99.5 Å². The first kappa shape index (κ1) is 33.4. The molecule has 1 N–H and O–H groups in total. The van der Waals surface area contributed by atoms with Gasteiger partial charge in [-0.25, -0.2) is 8.42 Å². The summed E-state index contributed by atoms with van der Waals surface area (Å²) in [6, 6.07) is 20.9. The molecule has 0 saturated carbocycles. The predicted molar refractivity (Wildman–Crippen MR) is 171 cm³/mol. The van der Waals surface area contributed by atoms with Gasteiger partial charge in [-0.3, -0.25) is 13.9 Å². The average Bonchev–Trinajstić information content (AvgIpc) is 2.89. The minimum atomic E-state index is -3.59. The van der Waals surface area contributed by atoms with Gasteiger partial charge in [0.25, 0.3) is 0 Å². The highest BCUT2D eigenvalue weighted by molar-refractivity contribution is 7.92. The number of para-hydroxylation sites is 1. The van der Waals surface area contributed by atoms with E-state index in [1.54, 1.807) is 35.2 Å². The summed E-state index contributed by atoms with van der Waals surface area (Å²) in [7, 11) is -3.59. The number of benzene rings is 3. The molecule has 7 nitrogen and oxygen atoms in total. The normalized spacial score (nSPS) is 12.5. The smallest absolute Gasteiger partial charge is 0.243 e. The van der Waals surface area contributed by atoms with E-state index in [1.807, 2.05) is 70.2 Å². The maximum absolute atomic E-state index is 14.0. The molecule has 0 radical (unpaired) electrons. The van der Waals surface area contributed by atoms with Crippen LogP contribution >= 0.6 is 23.2 Å². The number of nitrogens with zero attached hydrogens (tertiary/aromatic N) is 2. The van der Waals surface area contributed by atoms with Crippen LogP contribution in [-0.4, -0.2) is 49.5 Å². The van der Waals surface area contributed by atoms with Crippen LogP contribution in [0.3, 0.4) is 0 Å². The summed E-state index contributed by atoms with van der Waals surface area (Å²) in [5.74, 6) is -0.577. The lowest BCUT2D eigenvalue weighted by Crippen LogP contribution is -2.54.